The maximum Gasteiger partial charge on any atom is 0.244 e. The average molecular weight is 343 g/mol. The first-order chi connectivity index (χ1) is 10.1. The number of hydrogen-bond donors (Lipinski definition) is 1. The van der Waals surface area contributed by atoms with Gasteiger partial charge in [0.25, 0.3) is 0 Å². The van der Waals surface area contributed by atoms with E-state index < -0.39 is 10.0 Å². The second-order valence-electron chi connectivity index (χ2n) is 5.14. The van der Waals surface area contributed by atoms with Gasteiger partial charge in [-0.15, -0.1) is 22.7 Å². The van der Waals surface area contributed by atoms with Crippen LogP contribution in [0.25, 0.3) is 0 Å². The summed E-state index contributed by atoms with van der Waals surface area (Å²) >= 11 is 2.96. The van der Waals surface area contributed by atoms with Gasteiger partial charge < -0.3 is 5.32 Å². The Labute approximate surface area is 132 Å². The zero-order chi connectivity index (χ0) is 14.9. The van der Waals surface area contributed by atoms with E-state index in [1.165, 1.54) is 39.8 Å². The minimum Gasteiger partial charge on any atom is -0.309 e. The summed E-state index contributed by atoms with van der Waals surface area (Å²) in [4.78, 5) is 5.56. The summed E-state index contributed by atoms with van der Waals surface area (Å²) in [5, 5.41) is 6.98. The summed E-state index contributed by atoms with van der Waals surface area (Å²) in [6, 6.07) is 2.40. The fourth-order valence-corrected chi connectivity index (χ4v) is 4.83. The van der Waals surface area contributed by atoms with Gasteiger partial charge in [0.05, 0.1) is 22.6 Å². The lowest BCUT2D eigenvalue weighted by atomic mass is 10.4. The maximum absolute atomic E-state index is 12.5. The van der Waals surface area contributed by atoms with Gasteiger partial charge in [-0.25, -0.2) is 13.4 Å². The largest absolute Gasteiger partial charge is 0.309 e. The van der Waals surface area contributed by atoms with Crippen molar-refractivity contribution in [3.05, 3.63) is 32.9 Å². The summed E-state index contributed by atoms with van der Waals surface area (Å²) in [6.45, 7) is 1.05. The van der Waals surface area contributed by atoms with Gasteiger partial charge in [0.15, 0.2) is 0 Å². The molecule has 1 saturated carbocycles. The molecule has 0 amide bonds. The molecule has 5 nitrogen and oxygen atoms in total. The minimum absolute atomic E-state index is 0.303. The molecule has 2 aromatic heterocycles. The van der Waals surface area contributed by atoms with E-state index in [1.54, 1.807) is 24.0 Å². The first-order valence-corrected chi connectivity index (χ1v) is 9.96. The molecule has 1 N–H and O–H groups in total. The van der Waals surface area contributed by atoms with Crippen molar-refractivity contribution >= 4 is 32.7 Å². The van der Waals surface area contributed by atoms with Gasteiger partial charge in [0.2, 0.25) is 10.0 Å². The van der Waals surface area contributed by atoms with E-state index in [4.69, 9.17) is 0 Å². The smallest absolute Gasteiger partial charge is 0.244 e. The van der Waals surface area contributed by atoms with Crippen molar-refractivity contribution in [2.75, 3.05) is 7.05 Å². The van der Waals surface area contributed by atoms with Crippen LogP contribution in [0.3, 0.4) is 0 Å². The number of thiophene rings is 1. The van der Waals surface area contributed by atoms with Crippen LogP contribution < -0.4 is 5.32 Å². The molecule has 0 unspecified atom stereocenters. The molecule has 1 aliphatic carbocycles. The van der Waals surface area contributed by atoms with Crippen LogP contribution in [0, 0.1) is 0 Å². The number of rotatable bonds is 7. The highest BCUT2D eigenvalue weighted by atomic mass is 32.2. The van der Waals surface area contributed by atoms with Crippen molar-refractivity contribution in [3.63, 3.8) is 0 Å². The molecule has 21 heavy (non-hydrogen) atoms. The van der Waals surface area contributed by atoms with E-state index in [0.29, 0.717) is 17.5 Å². The van der Waals surface area contributed by atoms with Crippen LogP contribution in [0.4, 0.5) is 0 Å². The molecule has 2 aromatic rings. The average Bonchev–Trinajstić information content (AvgIpc) is 2.93. The number of sulfonamides is 1. The topological polar surface area (TPSA) is 62.3 Å². The van der Waals surface area contributed by atoms with Crippen molar-refractivity contribution in [2.24, 2.45) is 0 Å². The Balaban J connectivity index is 1.68. The Hall–Kier alpha value is -0.800. The summed E-state index contributed by atoms with van der Waals surface area (Å²) in [5.41, 5.74) is 2.49. The lowest BCUT2D eigenvalue weighted by Crippen LogP contribution is -2.26. The Kier molecular flexibility index (Phi) is 4.41. The van der Waals surface area contributed by atoms with E-state index in [1.807, 2.05) is 5.38 Å². The van der Waals surface area contributed by atoms with E-state index in [9.17, 15) is 8.42 Å². The summed E-state index contributed by atoms with van der Waals surface area (Å²) < 4.78 is 26.4. The third-order valence-corrected chi connectivity index (χ3v) is 6.85. The van der Waals surface area contributed by atoms with Crippen molar-refractivity contribution in [3.8, 4) is 0 Å². The molecule has 0 atom stereocenters. The molecule has 114 valence electrons. The van der Waals surface area contributed by atoms with E-state index in [0.717, 1.165) is 17.1 Å². The molecule has 0 saturated heterocycles. The number of thiazole rings is 1. The molecule has 0 aromatic carbocycles. The standard InChI is InChI=1S/C13H17N3O2S3/c1-16(6-11-7-19-9-15-11)21(17,18)13-4-12(20-8-13)5-14-10-2-3-10/h4,7-10,14H,2-3,5-6H2,1H3. The highest BCUT2D eigenvalue weighted by Gasteiger charge is 2.24. The van der Waals surface area contributed by atoms with Gasteiger partial charge >= 0.3 is 0 Å². The van der Waals surface area contributed by atoms with Crippen LogP contribution in [0.2, 0.25) is 0 Å². The fraction of sp³-hybridized carbons (Fsp3) is 0.462. The van der Waals surface area contributed by atoms with Gasteiger partial charge in [-0.2, -0.15) is 4.31 Å². The molecule has 0 bridgehead atoms. The molecule has 2 heterocycles. The first kappa shape index (κ1) is 15.1. The Bertz CT molecular complexity index is 690. The third kappa shape index (κ3) is 3.70. The summed E-state index contributed by atoms with van der Waals surface area (Å²) in [6.07, 6.45) is 2.46. The predicted molar refractivity (Wildman–Crippen MR) is 84.9 cm³/mol. The Morgan fingerprint density at radius 2 is 2.24 bits per heavy atom. The van der Waals surface area contributed by atoms with Gasteiger partial charge in [-0.05, 0) is 18.9 Å². The second-order valence-corrected chi connectivity index (χ2v) is 8.90. The van der Waals surface area contributed by atoms with Crippen LogP contribution in [-0.2, 0) is 23.1 Å². The van der Waals surface area contributed by atoms with Crippen molar-refractivity contribution in [1.29, 1.82) is 0 Å². The van der Waals surface area contributed by atoms with Gasteiger partial charge in [0.1, 0.15) is 0 Å². The monoisotopic (exact) mass is 343 g/mol. The van der Waals surface area contributed by atoms with Crippen LogP contribution in [-0.4, -0.2) is 30.8 Å². The fourth-order valence-electron chi connectivity index (χ4n) is 1.93. The predicted octanol–water partition coefficient (Wildman–Crippen LogP) is 2.28. The molecule has 0 aliphatic heterocycles. The van der Waals surface area contributed by atoms with Crippen molar-refractivity contribution < 1.29 is 8.42 Å². The van der Waals surface area contributed by atoms with Crippen molar-refractivity contribution in [1.82, 2.24) is 14.6 Å². The highest BCUT2D eigenvalue weighted by molar-refractivity contribution is 7.89. The Morgan fingerprint density at radius 1 is 1.43 bits per heavy atom. The first-order valence-electron chi connectivity index (χ1n) is 6.70. The number of aromatic nitrogens is 1. The number of nitrogens with one attached hydrogen (secondary N) is 1. The zero-order valence-corrected chi connectivity index (χ0v) is 14.1. The molecular formula is C13H17N3O2S3. The third-order valence-electron chi connectivity index (χ3n) is 3.35. The lowest BCUT2D eigenvalue weighted by Gasteiger charge is -2.14. The highest BCUT2D eigenvalue weighted by Crippen LogP contribution is 2.25. The zero-order valence-electron chi connectivity index (χ0n) is 11.7. The molecule has 0 radical (unpaired) electrons. The normalized spacial score (nSPS) is 15.7. The van der Waals surface area contributed by atoms with Crippen molar-refractivity contribution in [2.45, 2.75) is 36.9 Å². The molecule has 3 rings (SSSR count). The summed E-state index contributed by atoms with van der Waals surface area (Å²) in [7, 11) is -1.84. The Morgan fingerprint density at radius 3 is 2.90 bits per heavy atom. The van der Waals surface area contributed by atoms with E-state index in [-0.39, 0.29) is 0 Å². The molecule has 1 fully saturated rings. The molecule has 8 heteroatoms. The maximum atomic E-state index is 12.5. The van der Waals surface area contributed by atoms with Crippen LogP contribution in [0.15, 0.2) is 27.2 Å². The van der Waals surface area contributed by atoms with Gasteiger partial charge in [-0.3, -0.25) is 0 Å². The number of hydrogen-bond acceptors (Lipinski definition) is 6. The van der Waals surface area contributed by atoms with Gasteiger partial charge in [-0.1, -0.05) is 0 Å². The van der Waals surface area contributed by atoms with Gasteiger partial charge in [0, 0.05) is 35.3 Å². The summed E-state index contributed by atoms with van der Waals surface area (Å²) in [5.74, 6) is 0. The molecule has 1 aliphatic rings. The lowest BCUT2D eigenvalue weighted by molar-refractivity contribution is 0.463. The SMILES string of the molecule is CN(Cc1cscn1)S(=O)(=O)c1csc(CNC2CC2)c1. The van der Waals surface area contributed by atoms with Crippen LogP contribution in [0.5, 0.6) is 0 Å². The second kappa shape index (κ2) is 6.13. The molecular weight excluding hydrogens is 326 g/mol. The van der Waals surface area contributed by atoms with E-state index in [2.05, 4.69) is 10.3 Å². The minimum atomic E-state index is -3.44. The quantitative estimate of drug-likeness (QED) is 0.838. The molecule has 0 spiro atoms. The number of nitrogens with zero attached hydrogens (tertiary/aromatic N) is 2. The van der Waals surface area contributed by atoms with Crippen LogP contribution >= 0.6 is 22.7 Å². The van der Waals surface area contributed by atoms with E-state index >= 15 is 0 Å². The van der Waals surface area contributed by atoms with Crippen LogP contribution in [0.1, 0.15) is 23.4 Å².